The lowest BCUT2D eigenvalue weighted by Crippen LogP contribution is -2.30. The highest BCUT2D eigenvalue weighted by atomic mass is 35.5. The summed E-state index contributed by atoms with van der Waals surface area (Å²) in [6.45, 7) is 3.03. The maximum atomic E-state index is 13.3. The Morgan fingerprint density at radius 3 is 2.39 bits per heavy atom. The first-order valence-electron chi connectivity index (χ1n) is 9.64. The van der Waals surface area contributed by atoms with Gasteiger partial charge in [-0.15, -0.1) is 12.4 Å². The van der Waals surface area contributed by atoms with Crippen molar-refractivity contribution < 1.29 is 27.0 Å². The quantitative estimate of drug-likeness (QED) is 0.456. The molecule has 0 aliphatic carbocycles. The van der Waals surface area contributed by atoms with Gasteiger partial charge in [-0.3, -0.25) is 0 Å². The zero-order valence-corrected chi connectivity index (χ0v) is 19.5. The topological polar surface area (TPSA) is 99.9 Å². The number of hydrogen-bond acceptors (Lipinski definition) is 6. The first kappa shape index (κ1) is 27.0. The Bertz CT molecular complexity index is 943. The van der Waals surface area contributed by atoms with E-state index in [0.29, 0.717) is 24.7 Å². The van der Waals surface area contributed by atoms with E-state index in [1.807, 2.05) is 6.07 Å². The predicted octanol–water partition coefficient (Wildman–Crippen LogP) is 3.29. The number of nitrogens with one attached hydrogen (secondary N) is 1. The number of halogens is 2. The van der Waals surface area contributed by atoms with Crippen LogP contribution < -0.4 is 24.7 Å². The summed E-state index contributed by atoms with van der Waals surface area (Å²) in [5, 5.41) is 8.61. The molecule has 1 atom stereocenters. The molecule has 0 aliphatic heterocycles. The van der Waals surface area contributed by atoms with E-state index >= 15 is 0 Å². The van der Waals surface area contributed by atoms with Crippen LogP contribution in [0.15, 0.2) is 41.3 Å². The fourth-order valence-corrected chi connectivity index (χ4v) is 3.79. The van der Waals surface area contributed by atoms with Crippen LogP contribution in [0.5, 0.6) is 17.2 Å². The Balaban J connectivity index is 0.00000480. The molecule has 0 bridgehead atoms. The van der Waals surface area contributed by atoms with Crippen molar-refractivity contribution in [3.8, 4) is 17.2 Å². The van der Waals surface area contributed by atoms with E-state index in [-0.39, 0.29) is 34.9 Å². The molecular formula is C21H30ClFN2O5S. The van der Waals surface area contributed by atoms with Gasteiger partial charge in [0.15, 0.2) is 11.5 Å². The lowest BCUT2D eigenvalue weighted by molar-refractivity contribution is 0.284. The van der Waals surface area contributed by atoms with Gasteiger partial charge in [-0.05, 0) is 56.0 Å². The van der Waals surface area contributed by atoms with Crippen molar-refractivity contribution in [2.24, 2.45) is 5.14 Å². The van der Waals surface area contributed by atoms with Gasteiger partial charge in [-0.25, -0.2) is 17.9 Å². The normalized spacial score (nSPS) is 12.0. The Kier molecular flexibility index (Phi) is 11.1. The first-order chi connectivity index (χ1) is 14.2. The number of aryl methyl sites for hydroxylation is 1. The van der Waals surface area contributed by atoms with E-state index in [0.717, 1.165) is 24.8 Å². The van der Waals surface area contributed by atoms with Gasteiger partial charge >= 0.3 is 0 Å². The van der Waals surface area contributed by atoms with Gasteiger partial charge in [-0.2, -0.15) is 0 Å². The van der Waals surface area contributed by atoms with Gasteiger partial charge in [0.05, 0.1) is 14.2 Å². The molecule has 0 aromatic heterocycles. The van der Waals surface area contributed by atoms with Crippen molar-refractivity contribution in [3.63, 3.8) is 0 Å². The van der Waals surface area contributed by atoms with Gasteiger partial charge < -0.3 is 19.5 Å². The summed E-state index contributed by atoms with van der Waals surface area (Å²) in [5.41, 5.74) is 0.883. The van der Waals surface area contributed by atoms with Crippen LogP contribution in [0.4, 0.5) is 4.39 Å². The lowest BCUT2D eigenvalue weighted by Gasteiger charge is -2.15. The van der Waals surface area contributed by atoms with Crippen molar-refractivity contribution in [1.82, 2.24) is 5.32 Å². The van der Waals surface area contributed by atoms with Gasteiger partial charge in [-0.1, -0.05) is 6.07 Å². The second kappa shape index (κ2) is 12.7. The van der Waals surface area contributed by atoms with Gasteiger partial charge in [0, 0.05) is 18.7 Å². The molecule has 31 heavy (non-hydrogen) atoms. The molecule has 2 aromatic carbocycles. The molecule has 0 saturated carbocycles. The molecule has 0 aliphatic rings. The van der Waals surface area contributed by atoms with Crippen LogP contribution in [0.2, 0.25) is 0 Å². The van der Waals surface area contributed by atoms with Gasteiger partial charge in [0.2, 0.25) is 10.0 Å². The fraction of sp³-hybridized carbons (Fsp3) is 0.429. The van der Waals surface area contributed by atoms with Gasteiger partial charge in [0.1, 0.15) is 23.1 Å². The van der Waals surface area contributed by atoms with Crippen molar-refractivity contribution >= 4 is 22.4 Å². The number of benzene rings is 2. The summed E-state index contributed by atoms with van der Waals surface area (Å²) < 4.78 is 52.6. The van der Waals surface area contributed by atoms with E-state index in [4.69, 9.17) is 19.3 Å². The van der Waals surface area contributed by atoms with E-state index in [2.05, 4.69) is 12.2 Å². The molecule has 1 unspecified atom stereocenters. The second-order valence-electron chi connectivity index (χ2n) is 6.92. The van der Waals surface area contributed by atoms with E-state index in [1.54, 1.807) is 12.1 Å². The largest absolute Gasteiger partial charge is 0.495 e. The Morgan fingerprint density at radius 1 is 1.06 bits per heavy atom. The molecule has 0 radical (unpaired) electrons. The minimum atomic E-state index is -3.84. The fourth-order valence-electron chi connectivity index (χ4n) is 3.04. The molecule has 0 amide bonds. The smallest absolute Gasteiger partial charge is 0.241 e. The molecule has 2 rings (SSSR count). The molecule has 0 fully saturated rings. The summed E-state index contributed by atoms with van der Waals surface area (Å²) in [6.07, 6.45) is 2.47. The molecule has 0 spiro atoms. The maximum Gasteiger partial charge on any atom is 0.241 e. The third kappa shape index (κ3) is 8.53. The van der Waals surface area contributed by atoms with Crippen LogP contribution in [0.1, 0.15) is 25.3 Å². The molecular weight excluding hydrogens is 447 g/mol. The lowest BCUT2D eigenvalue weighted by atomic mass is 10.1. The van der Waals surface area contributed by atoms with Gasteiger partial charge in [0.25, 0.3) is 0 Å². The third-order valence-corrected chi connectivity index (χ3v) is 5.55. The van der Waals surface area contributed by atoms with Crippen LogP contribution in [0.25, 0.3) is 0 Å². The van der Waals surface area contributed by atoms with Crippen molar-refractivity contribution in [2.75, 3.05) is 27.4 Å². The summed E-state index contributed by atoms with van der Waals surface area (Å²) in [6, 6.07) is 9.40. The molecule has 2 aromatic rings. The molecule has 10 heteroatoms. The van der Waals surface area contributed by atoms with Crippen LogP contribution in [-0.4, -0.2) is 41.8 Å². The Morgan fingerprint density at radius 2 is 1.74 bits per heavy atom. The SMILES string of the molecule is COc1ccc(F)cc1OCCNC(C)CCCc1ccc(OC)c(S(N)(=O)=O)c1.Cl. The van der Waals surface area contributed by atoms with Crippen LogP contribution in [0.3, 0.4) is 0 Å². The minimum Gasteiger partial charge on any atom is -0.495 e. The number of sulfonamides is 1. The zero-order valence-electron chi connectivity index (χ0n) is 17.9. The summed E-state index contributed by atoms with van der Waals surface area (Å²) >= 11 is 0. The molecule has 0 saturated heterocycles. The summed E-state index contributed by atoms with van der Waals surface area (Å²) in [7, 11) is -0.922. The number of rotatable bonds is 12. The monoisotopic (exact) mass is 476 g/mol. The number of methoxy groups -OCH3 is 2. The van der Waals surface area contributed by atoms with Crippen LogP contribution in [0, 0.1) is 5.82 Å². The number of nitrogens with two attached hydrogens (primary N) is 1. The zero-order chi connectivity index (χ0) is 22.1. The highest BCUT2D eigenvalue weighted by molar-refractivity contribution is 7.89. The number of hydrogen-bond donors (Lipinski definition) is 2. The maximum absolute atomic E-state index is 13.3. The van der Waals surface area contributed by atoms with Crippen molar-refractivity contribution in [2.45, 2.75) is 37.1 Å². The average molecular weight is 477 g/mol. The highest BCUT2D eigenvalue weighted by Crippen LogP contribution is 2.27. The Labute approximate surface area is 189 Å². The molecule has 174 valence electrons. The highest BCUT2D eigenvalue weighted by Gasteiger charge is 2.15. The number of primary sulfonamides is 1. The van der Waals surface area contributed by atoms with E-state index in [9.17, 15) is 12.8 Å². The van der Waals surface area contributed by atoms with E-state index in [1.165, 1.54) is 32.4 Å². The average Bonchev–Trinajstić information content (AvgIpc) is 2.70. The van der Waals surface area contributed by atoms with Crippen LogP contribution >= 0.6 is 12.4 Å². The summed E-state index contributed by atoms with van der Waals surface area (Å²) in [4.78, 5) is -0.00130. The van der Waals surface area contributed by atoms with E-state index < -0.39 is 10.0 Å². The first-order valence-corrected chi connectivity index (χ1v) is 11.2. The minimum absolute atomic E-state index is 0. The number of ether oxygens (including phenoxy) is 3. The predicted molar refractivity (Wildman–Crippen MR) is 120 cm³/mol. The third-order valence-electron chi connectivity index (χ3n) is 4.62. The van der Waals surface area contributed by atoms with Crippen molar-refractivity contribution in [1.29, 1.82) is 0 Å². The summed E-state index contributed by atoms with van der Waals surface area (Å²) in [5.74, 6) is 0.724. The molecule has 3 N–H and O–H groups in total. The van der Waals surface area contributed by atoms with Crippen LogP contribution in [-0.2, 0) is 16.4 Å². The molecule has 7 nitrogen and oxygen atoms in total. The van der Waals surface area contributed by atoms with Crippen molar-refractivity contribution in [3.05, 3.63) is 47.8 Å². The Hall–Kier alpha value is -2.07. The molecule has 0 heterocycles. The second-order valence-corrected chi connectivity index (χ2v) is 8.45. The standard InChI is InChI=1S/C21H29FN2O5S.ClH/c1-15(24-11-12-29-20-14-17(22)8-10-18(20)27-2)5-4-6-16-7-9-19(28-3)21(13-16)30(23,25)26;/h7-10,13-15,24H,4-6,11-12H2,1-3H3,(H2,23,25,26);1H.